The number of benzene rings is 1. The summed E-state index contributed by atoms with van der Waals surface area (Å²) in [6.07, 6.45) is 0. The first-order valence-electron chi connectivity index (χ1n) is 7.37. The van der Waals surface area contributed by atoms with Gasteiger partial charge in [0.05, 0.1) is 13.2 Å². The smallest absolute Gasteiger partial charge is 0.0624 e. The van der Waals surface area contributed by atoms with Gasteiger partial charge < -0.3 is 15.0 Å². The van der Waals surface area contributed by atoms with Gasteiger partial charge >= 0.3 is 0 Å². The van der Waals surface area contributed by atoms with Gasteiger partial charge in [0, 0.05) is 30.7 Å². The lowest BCUT2D eigenvalue weighted by molar-refractivity contribution is 0.183. The van der Waals surface area contributed by atoms with Gasteiger partial charge in [-0.15, -0.1) is 0 Å². The van der Waals surface area contributed by atoms with E-state index in [0.29, 0.717) is 12.0 Å². The molecule has 1 aliphatic rings. The molecule has 0 bridgehead atoms. The van der Waals surface area contributed by atoms with Gasteiger partial charge in [-0.3, -0.25) is 0 Å². The topological polar surface area (TPSA) is 24.5 Å². The second kappa shape index (κ2) is 6.92. The normalized spacial score (nSPS) is 22.7. The molecule has 3 nitrogen and oxygen atoms in total. The van der Waals surface area contributed by atoms with E-state index >= 15 is 0 Å². The highest BCUT2D eigenvalue weighted by molar-refractivity contribution is 5.48. The van der Waals surface area contributed by atoms with Crippen LogP contribution in [0, 0.1) is 12.8 Å². The van der Waals surface area contributed by atoms with E-state index in [-0.39, 0.29) is 0 Å². The third-order valence-electron chi connectivity index (χ3n) is 3.87. The SMILES string of the molecule is CCNC1COCC1CN(CC)c1cccc(C)c1. The Labute approximate surface area is 116 Å². The number of hydrogen-bond donors (Lipinski definition) is 1. The van der Waals surface area contributed by atoms with Crippen molar-refractivity contribution in [2.75, 3.05) is 37.7 Å². The second-order valence-corrected chi connectivity index (χ2v) is 5.34. The van der Waals surface area contributed by atoms with Gasteiger partial charge in [0.1, 0.15) is 0 Å². The fourth-order valence-corrected chi connectivity index (χ4v) is 2.79. The van der Waals surface area contributed by atoms with Crippen LogP contribution >= 0.6 is 0 Å². The van der Waals surface area contributed by atoms with E-state index in [2.05, 4.69) is 55.3 Å². The Balaban J connectivity index is 2.02. The lowest BCUT2D eigenvalue weighted by atomic mass is 10.0. The molecule has 0 aromatic heterocycles. The van der Waals surface area contributed by atoms with Gasteiger partial charge in [-0.1, -0.05) is 19.1 Å². The number of hydrogen-bond acceptors (Lipinski definition) is 3. The number of anilines is 1. The summed E-state index contributed by atoms with van der Waals surface area (Å²) in [5, 5.41) is 3.54. The lowest BCUT2D eigenvalue weighted by Crippen LogP contribution is -2.41. The van der Waals surface area contributed by atoms with Crippen LogP contribution in [0.5, 0.6) is 0 Å². The van der Waals surface area contributed by atoms with E-state index in [0.717, 1.165) is 32.8 Å². The van der Waals surface area contributed by atoms with Gasteiger partial charge in [-0.05, 0) is 38.1 Å². The molecule has 0 aliphatic carbocycles. The van der Waals surface area contributed by atoms with Crippen LogP contribution in [0.4, 0.5) is 5.69 Å². The molecular formula is C16H26N2O. The molecule has 1 fully saturated rings. The summed E-state index contributed by atoms with van der Waals surface area (Å²) < 4.78 is 5.64. The summed E-state index contributed by atoms with van der Waals surface area (Å²) in [6.45, 7) is 11.4. The maximum atomic E-state index is 5.64. The number of nitrogens with zero attached hydrogens (tertiary/aromatic N) is 1. The van der Waals surface area contributed by atoms with E-state index in [1.807, 2.05) is 0 Å². The average molecular weight is 262 g/mol. The van der Waals surface area contributed by atoms with Crippen molar-refractivity contribution in [3.8, 4) is 0 Å². The van der Waals surface area contributed by atoms with Crippen LogP contribution in [0.2, 0.25) is 0 Å². The Morgan fingerprint density at radius 1 is 1.32 bits per heavy atom. The summed E-state index contributed by atoms with van der Waals surface area (Å²) in [5.41, 5.74) is 2.64. The highest BCUT2D eigenvalue weighted by Crippen LogP contribution is 2.21. The molecule has 0 amide bonds. The molecule has 1 saturated heterocycles. The van der Waals surface area contributed by atoms with E-state index in [1.54, 1.807) is 0 Å². The molecule has 1 aromatic rings. The molecule has 2 atom stereocenters. The Bertz CT molecular complexity index is 394. The highest BCUT2D eigenvalue weighted by atomic mass is 16.5. The molecular weight excluding hydrogens is 236 g/mol. The van der Waals surface area contributed by atoms with E-state index < -0.39 is 0 Å². The molecule has 1 aromatic carbocycles. The minimum Gasteiger partial charge on any atom is -0.379 e. The largest absolute Gasteiger partial charge is 0.379 e. The summed E-state index contributed by atoms with van der Waals surface area (Å²) in [4.78, 5) is 2.46. The zero-order chi connectivity index (χ0) is 13.7. The van der Waals surface area contributed by atoms with Crippen molar-refractivity contribution in [1.29, 1.82) is 0 Å². The predicted molar refractivity (Wildman–Crippen MR) is 80.8 cm³/mol. The lowest BCUT2D eigenvalue weighted by Gasteiger charge is -2.29. The monoisotopic (exact) mass is 262 g/mol. The predicted octanol–water partition coefficient (Wildman–Crippen LogP) is 2.45. The number of aryl methyl sites for hydroxylation is 1. The third kappa shape index (κ3) is 3.71. The van der Waals surface area contributed by atoms with E-state index in [1.165, 1.54) is 11.3 Å². The molecule has 1 heterocycles. The number of nitrogens with one attached hydrogen (secondary N) is 1. The van der Waals surface area contributed by atoms with E-state index in [4.69, 9.17) is 4.74 Å². The maximum Gasteiger partial charge on any atom is 0.0624 e. The van der Waals surface area contributed by atoms with Crippen molar-refractivity contribution >= 4 is 5.69 Å². The summed E-state index contributed by atoms with van der Waals surface area (Å²) in [6, 6.07) is 9.26. The van der Waals surface area contributed by atoms with Gasteiger partial charge in [0.15, 0.2) is 0 Å². The molecule has 0 spiro atoms. The molecule has 106 valence electrons. The summed E-state index contributed by atoms with van der Waals surface area (Å²) in [5.74, 6) is 0.584. The first kappa shape index (κ1) is 14.4. The van der Waals surface area contributed by atoms with Crippen molar-refractivity contribution in [2.24, 2.45) is 5.92 Å². The van der Waals surface area contributed by atoms with Gasteiger partial charge in [-0.25, -0.2) is 0 Å². The minimum atomic E-state index is 0.504. The Kier molecular flexibility index (Phi) is 5.23. The second-order valence-electron chi connectivity index (χ2n) is 5.34. The zero-order valence-electron chi connectivity index (χ0n) is 12.4. The van der Waals surface area contributed by atoms with Crippen molar-refractivity contribution in [3.63, 3.8) is 0 Å². The molecule has 0 radical (unpaired) electrons. The Morgan fingerprint density at radius 3 is 2.84 bits per heavy atom. The van der Waals surface area contributed by atoms with Crippen LogP contribution in [-0.4, -0.2) is 38.9 Å². The average Bonchev–Trinajstić information content (AvgIpc) is 2.84. The molecule has 19 heavy (non-hydrogen) atoms. The van der Waals surface area contributed by atoms with Crippen LogP contribution in [0.25, 0.3) is 0 Å². The number of rotatable bonds is 6. The molecule has 3 heteroatoms. The van der Waals surface area contributed by atoms with Crippen LogP contribution in [0.3, 0.4) is 0 Å². The molecule has 1 N–H and O–H groups in total. The Hall–Kier alpha value is -1.06. The first-order valence-corrected chi connectivity index (χ1v) is 7.37. The van der Waals surface area contributed by atoms with Crippen molar-refractivity contribution < 1.29 is 4.74 Å². The van der Waals surface area contributed by atoms with Crippen LogP contribution in [0.1, 0.15) is 19.4 Å². The molecule has 1 aliphatic heterocycles. The standard InChI is InChI=1S/C16H26N2O/c1-4-17-16-12-19-11-14(16)10-18(5-2)15-8-6-7-13(3)9-15/h6-9,14,16-17H,4-5,10-12H2,1-3H3. The van der Waals surface area contributed by atoms with Crippen LogP contribution in [0.15, 0.2) is 24.3 Å². The number of likely N-dealkylation sites (N-methyl/N-ethyl adjacent to an activating group) is 1. The third-order valence-corrected chi connectivity index (χ3v) is 3.87. The minimum absolute atomic E-state index is 0.504. The van der Waals surface area contributed by atoms with Gasteiger partial charge in [-0.2, -0.15) is 0 Å². The van der Waals surface area contributed by atoms with Gasteiger partial charge in [0.25, 0.3) is 0 Å². The van der Waals surface area contributed by atoms with Crippen LogP contribution < -0.4 is 10.2 Å². The van der Waals surface area contributed by atoms with Crippen molar-refractivity contribution in [3.05, 3.63) is 29.8 Å². The van der Waals surface area contributed by atoms with Crippen molar-refractivity contribution in [1.82, 2.24) is 5.32 Å². The van der Waals surface area contributed by atoms with Gasteiger partial charge in [0.2, 0.25) is 0 Å². The number of ether oxygens (including phenoxy) is 1. The maximum absolute atomic E-state index is 5.64. The molecule has 2 unspecified atom stereocenters. The highest BCUT2D eigenvalue weighted by Gasteiger charge is 2.28. The fraction of sp³-hybridized carbons (Fsp3) is 0.625. The first-order chi connectivity index (χ1) is 9.24. The summed E-state index contributed by atoms with van der Waals surface area (Å²) in [7, 11) is 0. The van der Waals surface area contributed by atoms with Crippen molar-refractivity contribution in [2.45, 2.75) is 26.8 Å². The molecule has 0 saturated carbocycles. The van der Waals surface area contributed by atoms with E-state index in [9.17, 15) is 0 Å². The fourth-order valence-electron chi connectivity index (χ4n) is 2.79. The zero-order valence-corrected chi connectivity index (χ0v) is 12.4. The Morgan fingerprint density at radius 2 is 2.16 bits per heavy atom. The molecule has 2 rings (SSSR count). The summed E-state index contributed by atoms with van der Waals surface area (Å²) >= 11 is 0. The van der Waals surface area contributed by atoms with Crippen LogP contribution in [-0.2, 0) is 4.74 Å². The quantitative estimate of drug-likeness (QED) is 0.852.